The van der Waals surface area contributed by atoms with Crippen molar-refractivity contribution in [1.82, 2.24) is 9.69 Å². The molecule has 3 nitrogen and oxygen atoms in total. The van der Waals surface area contributed by atoms with Gasteiger partial charge in [-0.1, -0.05) is 12.1 Å². The molecule has 1 saturated heterocycles. The first-order chi connectivity index (χ1) is 7.93. The Morgan fingerprint density at radius 1 is 1.44 bits per heavy atom. The molecule has 1 N–H and O–H groups in total. The molecule has 0 spiro atoms. The van der Waals surface area contributed by atoms with Gasteiger partial charge in [-0.15, -0.1) is 0 Å². The van der Waals surface area contributed by atoms with Gasteiger partial charge in [-0.25, -0.2) is 0 Å². The molecule has 4 heteroatoms. The van der Waals surface area contributed by atoms with Crippen molar-refractivity contribution in [2.24, 2.45) is 0 Å². The zero-order chi connectivity index (χ0) is 10.8. The normalized spacial score (nSPS) is 20.4. The SMILES string of the molecule is c1ccc2c(OC[C@@H]3CCCN3)nsc2c1. The molecule has 1 aromatic heterocycles. The first kappa shape index (κ1) is 10.1. The molecule has 1 aliphatic heterocycles. The van der Waals surface area contributed by atoms with Gasteiger partial charge in [-0.3, -0.25) is 0 Å². The van der Waals surface area contributed by atoms with Crippen LogP contribution < -0.4 is 10.1 Å². The van der Waals surface area contributed by atoms with Crippen LogP contribution in [0.2, 0.25) is 0 Å². The van der Waals surface area contributed by atoms with E-state index in [1.54, 1.807) is 0 Å². The van der Waals surface area contributed by atoms with Gasteiger partial charge in [0.1, 0.15) is 6.61 Å². The summed E-state index contributed by atoms with van der Waals surface area (Å²) >= 11 is 1.50. The van der Waals surface area contributed by atoms with Crippen molar-refractivity contribution in [3.05, 3.63) is 24.3 Å². The van der Waals surface area contributed by atoms with Crippen molar-refractivity contribution in [3.63, 3.8) is 0 Å². The Morgan fingerprint density at radius 3 is 3.25 bits per heavy atom. The van der Waals surface area contributed by atoms with Gasteiger partial charge in [0.15, 0.2) is 0 Å². The summed E-state index contributed by atoms with van der Waals surface area (Å²) in [5, 5.41) is 4.55. The van der Waals surface area contributed by atoms with Gasteiger partial charge in [-0.05, 0) is 43.1 Å². The number of benzene rings is 1. The zero-order valence-corrected chi connectivity index (χ0v) is 9.80. The van der Waals surface area contributed by atoms with Gasteiger partial charge in [-0.2, -0.15) is 4.37 Å². The highest BCUT2D eigenvalue weighted by Crippen LogP contribution is 2.28. The fraction of sp³-hybridized carbons (Fsp3) is 0.417. The summed E-state index contributed by atoms with van der Waals surface area (Å²) in [6.45, 7) is 1.85. The van der Waals surface area contributed by atoms with Gasteiger partial charge in [0.2, 0.25) is 5.88 Å². The van der Waals surface area contributed by atoms with Crippen LogP contribution in [0.15, 0.2) is 24.3 Å². The molecular weight excluding hydrogens is 220 g/mol. The number of nitrogens with zero attached hydrogens (tertiary/aromatic N) is 1. The van der Waals surface area contributed by atoms with Gasteiger partial charge in [0, 0.05) is 6.04 Å². The summed E-state index contributed by atoms with van der Waals surface area (Å²) in [4.78, 5) is 0. The van der Waals surface area contributed by atoms with Crippen LogP contribution in [0, 0.1) is 0 Å². The van der Waals surface area contributed by atoms with E-state index in [9.17, 15) is 0 Å². The maximum atomic E-state index is 5.78. The fourth-order valence-corrected chi connectivity index (χ4v) is 2.77. The van der Waals surface area contributed by atoms with E-state index in [1.165, 1.54) is 29.1 Å². The Labute approximate surface area is 98.6 Å². The number of ether oxygens (including phenoxy) is 1. The monoisotopic (exact) mass is 234 g/mol. The Balaban J connectivity index is 1.73. The second-order valence-electron chi connectivity index (χ2n) is 4.09. The van der Waals surface area contributed by atoms with Crippen molar-refractivity contribution in [2.75, 3.05) is 13.2 Å². The van der Waals surface area contributed by atoms with Crippen LogP contribution in [0.25, 0.3) is 10.1 Å². The molecule has 2 heterocycles. The molecule has 0 radical (unpaired) electrons. The van der Waals surface area contributed by atoms with E-state index in [0.29, 0.717) is 6.04 Å². The first-order valence-electron chi connectivity index (χ1n) is 5.64. The number of hydrogen-bond donors (Lipinski definition) is 1. The van der Waals surface area contributed by atoms with Crippen molar-refractivity contribution < 1.29 is 4.74 Å². The highest BCUT2D eigenvalue weighted by molar-refractivity contribution is 7.13. The van der Waals surface area contributed by atoms with E-state index in [2.05, 4.69) is 21.8 Å². The minimum Gasteiger partial charge on any atom is -0.475 e. The molecule has 1 aromatic carbocycles. The maximum Gasteiger partial charge on any atom is 0.233 e. The van der Waals surface area contributed by atoms with E-state index in [0.717, 1.165) is 24.4 Å². The smallest absolute Gasteiger partial charge is 0.233 e. The predicted molar refractivity (Wildman–Crippen MR) is 66.1 cm³/mol. The molecular formula is C12H14N2OS. The van der Waals surface area contributed by atoms with Crippen molar-refractivity contribution in [3.8, 4) is 5.88 Å². The summed E-state index contributed by atoms with van der Waals surface area (Å²) in [7, 11) is 0. The summed E-state index contributed by atoms with van der Waals surface area (Å²) in [5.74, 6) is 0.786. The molecule has 0 aliphatic carbocycles. The van der Waals surface area contributed by atoms with E-state index in [1.807, 2.05) is 12.1 Å². The number of rotatable bonds is 3. The molecule has 1 atom stereocenters. The quantitative estimate of drug-likeness (QED) is 0.885. The van der Waals surface area contributed by atoms with Crippen molar-refractivity contribution in [2.45, 2.75) is 18.9 Å². The third-order valence-electron chi connectivity index (χ3n) is 2.93. The summed E-state index contributed by atoms with van der Waals surface area (Å²) in [5.41, 5.74) is 0. The van der Waals surface area contributed by atoms with Gasteiger partial charge < -0.3 is 10.1 Å². The van der Waals surface area contributed by atoms with Crippen molar-refractivity contribution >= 4 is 21.6 Å². The second kappa shape index (κ2) is 4.39. The van der Waals surface area contributed by atoms with E-state index in [-0.39, 0.29) is 0 Å². The topological polar surface area (TPSA) is 34.1 Å². The Kier molecular flexibility index (Phi) is 2.76. The molecule has 1 aliphatic rings. The molecule has 0 unspecified atom stereocenters. The molecule has 0 bridgehead atoms. The largest absolute Gasteiger partial charge is 0.475 e. The van der Waals surface area contributed by atoms with Gasteiger partial charge >= 0.3 is 0 Å². The second-order valence-corrected chi connectivity index (χ2v) is 4.89. The summed E-state index contributed by atoms with van der Waals surface area (Å²) in [6, 6.07) is 8.70. The van der Waals surface area contributed by atoms with Crippen LogP contribution in [-0.2, 0) is 0 Å². The highest BCUT2D eigenvalue weighted by Gasteiger charge is 2.15. The zero-order valence-electron chi connectivity index (χ0n) is 8.98. The Bertz CT molecular complexity index is 477. The Morgan fingerprint density at radius 2 is 2.38 bits per heavy atom. The third kappa shape index (κ3) is 1.90. The highest BCUT2D eigenvalue weighted by atomic mass is 32.1. The molecule has 84 valence electrons. The molecule has 2 aromatic rings. The summed E-state index contributed by atoms with van der Waals surface area (Å²) in [6.07, 6.45) is 2.47. The minimum absolute atomic E-state index is 0.500. The minimum atomic E-state index is 0.500. The van der Waals surface area contributed by atoms with Crippen LogP contribution in [0.3, 0.4) is 0 Å². The fourth-order valence-electron chi connectivity index (χ4n) is 2.05. The van der Waals surface area contributed by atoms with E-state index in [4.69, 9.17) is 4.74 Å². The standard InChI is InChI=1S/C12H14N2OS/c1-2-6-11-10(5-1)12(14-16-11)15-8-9-4-3-7-13-9/h1-2,5-6,9,13H,3-4,7-8H2/t9-/m0/s1. The van der Waals surface area contributed by atoms with Crippen LogP contribution in [0.4, 0.5) is 0 Å². The van der Waals surface area contributed by atoms with Crippen LogP contribution in [0.5, 0.6) is 5.88 Å². The lowest BCUT2D eigenvalue weighted by atomic mass is 10.2. The molecule has 16 heavy (non-hydrogen) atoms. The van der Waals surface area contributed by atoms with Crippen molar-refractivity contribution in [1.29, 1.82) is 0 Å². The molecule has 0 amide bonds. The van der Waals surface area contributed by atoms with Crippen LogP contribution in [-0.4, -0.2) is 23.6 Å². The maximum absolute atomic E-state index is 5.78. The number of hydrogen-bond acceptors (Lipinski definition) is 4. The number of fused-ring (bicyclic) bond motifs is 1. The Hall–Kier alpha value is -1.13. The van der Waals surface area contributed by atoms with Crippen LogP contribution in [0.1, 0.15) is 12.8 Å². The molecule has 0 saturated carbocycles. The van der Waals surface area contributed by atoms with E-state index >= 15 is 0 Å². The average molecular weight is 234 g/mol. The lowest BCUT2D eigenvalue weighted by molar-refractivity contribution is 0.273. The average Bonchev–Trinajstić information content (AvgIpc) is 2.96. The first-order valence-corrected chi connectivity index (χ1v) is 6.41. The predicted octanol–water partition coefficient (Wildman–Crippen LogP) is 2.43. The van der Waals surface area contributed by atoms with Gasteiger partial charge in [0.05, 0.1) is 10.1 Å². The number of nitrogens with one attached hydrogen (secondary N) is 1. The molecule has 3 rings (SSSR count). The van der Waals surface area contributed by atoms with Crippen LogP contribution >= 0.6 is 11.5 Å². The third-order valence-corrected chi connectivity index (χ3v) is 3.74. The number of aromatic nitrogens is 1. The lowest BCUT2D eigenvalue weighted by Crippen LogP contribution is -2.28. The lowest BCUT2D eigenvalue weighted by Gasteiger charge is -2.10. The summed E-state index contributed by atoms with van der Waals surface area (Å²) < 4.78 is 11.3. The van der Waals surface area contributed by atoms with E-state index < -0.39 is 0 Å². The molecule has 1 fully saturated rings. The van der Waals surface area contributed by atoms with Gasteiger partial charge in [0.25, 0.3) is 0 Å².